The first-order chi connectivity index (χ1) is 8.11. The third-order valence-electron chi connectivity index (χ3n) is 2.69. The molecule has 0 saturated heterocycles. The zero-order chi connectivity index (χ0) is 12.8. The van der Waals surface area contributed by atoms with Crippen molar-refractivity contribution in [3.8, 4) is 11.8 Å². The van der Waals surface area contributed by atoms with Crippen LogP contribution >= 0.6 is 0 Å². The van der Waals surface area contributed by atoms with Crippen LogP contribution in [-0.2, 0) is 6.42 Å². The molecule has 0 saturated carbocycles. The fraction of sp³-hybridized carbons (Fsp3) is 0.462. The molecule has 0 bridgehead atoms. The largest absolute Gasteiger partial charge is 0.506 e. The van der Waals surface area contributed by atoms with E-state index in [0.29, 0.717) is 6.42 Å². The van der Waals surface area contributed by atoms with Crippen molar-refractivity contribution < 1.29 is 13.9 Å². The number of hydrogen-bond donors (Lipinski definition) is 1. The van der Waals surface area contributed by atoms with E-state index >= 15 is 0 Å². The third-order valence-corrected chi connectivity index (χ3v) is 2.69. The fourth-order valence-corrected chi connectivity index (χ4v) is 1.71. The molecule has 17 heavy (non-hydrogen) atoms. The van der Waals surface area contributed by atoms with Gasteiger partial charge in [0.1, 0.15) is 11.8 Å². The van der Waals surface area contributed by atoms with E-state index in [-0.39, 0.29) is 17.5 Å². The fourth-order valence-electron chi connectivity index (χ4n) is 1.71. The topological polar surface area (TPSA) is 44.0 Å². The van der Waals surface area contributed by atoms with Crippen LogP contribution in [0, 0.1) is 23.0 Å². The minimum atomic E-state index is -1.08. The van der Waals surface area contributed by atoms with Gasteiger partial charge in [-0.05, 0) is 18.9 Å². The zero-order valence-electron chi connectivity index (χ0n) is 9.76. The summed E-state index contributed by atoms with van der Waals surface area (Å²) in [7, 11) is 0. The zero-order valence-corrected chi connectivity index (χ0v) is 9.76. The van der Waals surface area contributed by atoms with Crippen LogP contribution in [-0.4, -0.2) is 5.11 Å². The molecule has 2 nitrogen and oxygen atoms in total. The maximum atomic E-state index is 13.4. The van der Waals surface area contributed by atoms with Crippen LogP contribution in [0.4, 0.5) is 8.78 Å². The Kier molecular flexibility index (Phi) is 4.89. The van der Waals surface area contributed by atoms with Crippen LogP contribution in [0.2, 0.25) is 0 Å². The average Bonchev–Trinajstić information content (AvgIpc) is 2.33. The lowest BCUT2D eigenvalue weighted by atomic mass is 10.0. The molecule has 4 heteroatoms. The molecular weight excluding hydrogens is 224 g/mol. The van der Waals surface area contributed by atoms with Crippen LogP contribution in [0.5, 0.6) is 5.75 Å². The maximum absolute atomic E-state index is 13.4. The molecule has 0 atom stereocenters. The first kappa shape index (κ1) is 13.4. The summed E-state index contributed by atoms with van der Waals surface area (Å²) in [5, 5.41) is 18.3. The number of nitriles is 1. The first-order valence-corrected chi connectivity index (χ1v) is 5.71. The molecule has 92 valence electrons. The Morgan fingerprint density at radius 1 is 1.29 bits per heavy atom. The van der Waals surface area contributed by atoms with Crippen molar-refractivity contribution in [1.29, 1.82) is 5.26 Å². The van der Waals surface area contributed by atoms with E-state index in [1.807, 2.05) is 6.92 Å². The smallest absolute Gasteiger partial charge is 0.165 e. The highest BCUT2D eigenvalue weighted by Crippen LogP contribution is 2.28. The van der Waals surface area contributed by atoms with Crippen LogP contribution in [0.15, 0.2) is 6.07 Å². The van der Waals surface area contributed by atoms with Gasteiger partial charge < -0.3 is 5.11 Å². The number of benzene rings is 1. The Morgan fingerprint density at radius 2 is 2.00 bits per heavy atom. The number of halogens is 2. The molecule has 0 unspecified atom stereocenters. The molecule has 1 N–H and O–H groups in total. The monoisotopic (exact) mass is 239 g/mol. The highest BCUT2D eigenvalue weighted by Gasteiger charge is 2.17. The molecule has 0 aliphatic rings. The molecule has 0 aliphatic heterocycles. The highest BCUT2D eigenvalue weighted by molar-refractivity contribution is 5.48. The molecule has 0 spiro atoms. The van der Waals surface area contributed by atoms with Crippen LogP contribution < -0.4 is 0 Å². The molecule has 0 fully saturated rings. The van der Waals surface area contributed by atoms with Crippen LogP contribution in [0.3, 0.4) is 0 Å². The van der Waals surface area contributed by atoms with Gasteiger partial charge in [-0.25, -0.2) is 8.78 Å². The normalized spacial score (nSPS) is 10.2. The van der Waals surface area contributed by atoms with Gasteiger partial charge in [0.2, 0.25) is 0 Å². The summed E-state index contributed by atoms with van der Waals surface area (Å²) in [6.45, 7) is 2.05. The van der Waals surface area contributed by atoms with E-state index in [1.165, 1.54) is 0 Å². The average molecular weight is 239 g/mol. The Bertz CT molecular complexity index is 438. The van der Waals surface area contributed by atoms with Gasteiger partial charge in [0.15, 0.2) is 11.6 Å². The number of hydrogen-bond acceptors (Lipinski definition) is 2. The van der Waals surface area contributed by atoms with Gasteiger partial charge in [-0.15, -0.1) is 0 Å². The van der Waals surface area contributed by atoms with Crippen molar-refractivity contribution in [2.24, 2.45) is 0 Å². The number of rotatable bonds is 5. The van der Waals surface area contributed by atoms with E-state index in [9.17, 15) is 13.9 Å². The SMILES string of the molecule is CCCCCCc1c(O)c(C#N)cc(F)c1F. The molecule has 0 heterocycles. The van der Waals surface area contributed by atoms with E-state index < -0.39 is 17.4 Å². The number of phenols is 1. The van der Waals surface area contributed by atoms with Gasteiger partial charge >= 0.3 is 0 Å². The van der Waals surface area contributed by atoms with Gasteiger partial charge in [-0.1, -0.05) is 26.2 Å². The summed E-state index contributed by atoms with van der Waals surface area (Å²) in [6, 6.07) is 2.37. The van der Waals surface area contributed by atoms with Crippen molar-refractivity contribution in [1.82, 2.24) is 0 Å². The van der Waals surface area contributed by atoms with Gasteiger partial charge in [0.25, 0.3) is 0 Å². The standard InChI is InChI=1S/C13H15F2NO/c1-2-3-4-5-6-10-12(15)11(14)7-9(8-16)13(10)17/h7,17H,2-6H2,1H3. The third kappa shape index (κ3) is 3.16. The molecule has 0 radical (unpaired) electrons. The van der Waals surface area contributed by atoms with Gasteiger partial charge in [0, 0.05) is 5.56 Å². The number of nitrogens with zero attached hydrogens (tertiary/aromatic N) is 1. The quantitative estimate of drug-likeness (QED) is 0.797. The van der Waals surface area contributed by atoms with Crippen molar-refractivity contribution in [3.63, 3.8) is 0 Å². The summed E-state index contributed by atoms with van der Waals surface area (Å²) < 4.78 is 26.6. The van der Waals surface area contributed by atoms with Gasteiger partial charge in [0.05, 0.1) is 5.56 Å². The predicted molar refractivity (Wildman–Crippen MR) is 60.6 cm³/mol. The highest BCUT2D eigenvalue weighted by atomic mass is 19.2. The van der Waals surface area contributed by atoms with Crippen molar-refractivity contribution >= 4 is 0 Å². The molecule has 1 aromatic rings. The minimum Gasteiger partial charge on any atom is -0.506 e. The summed E-state index contributed by atoms with van der Waals surface area (Å²) >= 11 is 0. The molecule has 0 aliphatic carbocycles. The second kappa shape index (κ2) is 6.19. The van der Waals surface area contributed by atoms with Crippen molar-refractivity contribution in [2.75, 3.05) is 0 Å². The summed E-state index contributed by atoms with van der Waals surface area (Å²) in [5.41, 5.74) is -0.299. The lowest BCUT2D eigenvalue weighted by molar-refractivity contribution is 0.437. The second-order valence-electron chi connectivity index (χ2n) is 3.97. The van der Waals surface area contributed by atoms with E-state index in [1.54, 1.807) is 6.07 Å². The number of phenolic OH excluding ortho intramolecular Hbond substituents is 1. The van der Waals surface area contributed by atoms with E-state index in [2.05, 4.69) is 0 Å². The number of aromatic hydroxyl groups is 1. The number of unbranched alkanes of at least 4 members (excludes halogenated alkanes) is 3. The molecule has 0 amide bonds. The Labute approximate surface area is 99.5 Å². The lowest BCUT2D eigenvalue weighted by Gasteiger charge is -2.08. The first-order valence-electron chi connectivity index (χ1n) is 5.71. The Morgan fingerprint density at radius 3 is 2.59 bits per heavy atom. The lowest BCUT2D eigenvalue weighted by Crippen LogP contribution is -1.98. The molecule has 0 aromatic heterocycles. The summed E-state index contributed by atoms with van der Waals surface area (Å²) in [5.74, 6) is -2.55. The van der Waals surface area contributed by atoms with Gasteiger partial charge in [-0.3, -0.25) is 0 Å². The minimum absolute atomic E-state index is 0.0855. The summed E-state index contributed by atoms with van der Waals surface area (Å²) in [6.07, 6.45) is 3.88. The maximum Gasteiger partial charge on any atom is 0.165 e. The molecular formula is C13H15F2NO. The van der Waals surface area contributed by atoms with Gasteiger partial charge in [-0.2, -0.15) is 5.26 Å². The van der Waals surface area contributed by atoms with E-state index in [0.717, 1.165) is 25.3 Å². The van der Waals surface area contributed by atoms with Crippen LogP contribution in [0.25, 0.3) is 0 Å². The van der Waals surface area contributed by atoms with Crippen molar-refractivity contribution in [2.45, 2.75) is 39.0 Å². The summed E-state index contributed by atoms with van der Waals surface area (Å²) in [4.78, 5) is 0. The molecule has 1 aromatic carbocycles. The molecule has 1 rings (SSSR count). The Hall–Kier alpha value is -1.63. The van der Waals surface area contributed by atoms with Crippen LogP contribution in [0.1, 0.15) is 43.7 Å². The second-order valence-corrected chi connectivity index (χ2v) is 3.97. The van der Waals surface area contributed by atoms with E-state index in [4.69, 9.17) is 5.26 Å². The predicted octanol–water partition coefficient (Wildman–Crippen LogP) is 3.66. The Balaban J connectivity index is 2.90. The van der Waals surface area contributed by atoms with Crippen molar-refractivity contribution in [3.05, 3.63) is 28.8 Å².